The number of aromatic amines is 1. The number of anilines is 1. The molecule has 1 aromatic heterocycles. The van der Waals surface area contributed by atoms with Crippen molar-refractivity contribution in [3.63, 3.8) is 0 Å². The molecule has 23 heavy (non-hydrogen) atoms. The minimum absolute atomic E-state index is 0.0724. The number of methoxy groups -OCH3 is 1. The summed E-state index contributed by atoms with van der Waals surface area (Å²) in [6, 6.07) is 7.36. The van der Waals surface area contributed by atoms with E-state index in [4.69, 9.17) is 16.3 Å². The summed E-state index contributed by atoms with van der Waals surface area (Å²) in [5.41, 5.74) is 2.24. The number of aromatic nitrogens is 2. The van der Waals surface area contributed by atoms with E-state index in [1.54, 1.807) is 19.2 Å². The van der Waals surface area contributed by atoms with Crippen molar-refractivity contribution in [3.05, 3.63) is 40.7 Å². The quantitative estimate of drug-likeness (QED) is 0.900. The molecule has 6 nitrogen and oxygen atoms in total. The molecule has 7 heteroatoms. The van der Waals surface area contributed by atoms with Crippen LogP contribution in [0.1, 0.15) is 22.6 Å². The van der Waals surface area contributed by atoms with Gasteiger partial charge in [-0.1, -0.05) is 11.6 Å². The van der Waals surface area contributed by atoms with Crippen molar-refractivity contribution < 1.29 is 9.53 Å². The summed E-state index contributed by atoms with van der Waals surface area (Å²) in [4.78, 5) is 14.3. The summed E-state index contributed by atoms with van der Waals surface area (Å²) in [5, 5.41) is 10.5. The van der Waals surface area contributed by atoms with Crippen LogP contribution in [0.5, 0.6) is 5.75 Å². The van der Waals surface area contributed by atoms with Crippen LogP contribution in [-0.2, 0) is 0 Å². The second-order valence-corrected chi connectivity index (χ2v) is 6.09. The number of rotatable bonds is 4. The molecule has 0 unspecified atom stereocenters. The van der Waals surface area contributed by atoms with Gasteiger partial charge in [0.15, 0.2) is 0 Å². The molecule has 0 bridgehead atoms. The van der Waals surface area contributed by atoms with E-state index in [2.05, 4.69) is 20.4 Å². The van der Waals surface area contributed by atoms with E-state index in [0.29, 0.717) is 17.3 Å². The molecule has 0 saturated carbocycles. The van der Waals surface area contributed by atoms with Crippen molar-refractivity contribution in [1.29, 1.82) is 0 Å². The van der Waals surface area contributed by atoms with Crippen molar-refractivity contribution in [1.82, 2.24) is 15.5 Å². The van der Waals surface area contributed by atoms with E-state index >= 15 is 0 Å². The Morgan fingerprint density at radius 3 is 3.00 bits per heavy atom. The van der Waals surface area contributed by atoms with Crippen molar-refractivity contribution in [2.75, 3.05) is 25.1 Å². The third-order valence-corrected chi connectivity index (χ3v) is 4.18. The molecule has 0 spiro atoms. The minimum atomic E-state index is -0.153. The highest BCUT2D eigenvalue weighted by molar-refractivity contribution is 6.30. The molecule has 1 saturated heterocycles. The molecule has 0 radical (unpaired) electrons. The minimum Gasteiger partial charge on any atom is -0.495 e. The maximum atomic E-state index is 12.2. The van der Waals surface area contributed by atoms with E-state index in [-0.39, 0.29) is 11.9 Å². The number of hydrogen-bond donors (Lipinski definition) is 2. The highest BCUT2D eigenvalue weighted by Gasteiger charge is 2.26. The van der Waals surface area contributed by atoms with Gasteiger partial charge in [-0.25, -0.2) is 0 Å². The number of H-pyrrole nitrogens is 1. The Bertz CT molecular complexity index is 716. The molecule has 2 heterocycles. The van der Waals surface area contributed by atoms with Gasteiger partial charge in [0.1, 0.15) is 11.4 Å². The second-order valence-electron chi connectivity index (χ2n) is 5.66. The van der Waals surface area contributed by atoms with E-state index in [9.17, 15) is 4.79 Å². The van der Waals surface area contributed by atoms with Crippen LogP contribution in [0, 0.1) is 6.92 Å². The van der Waals surface area contributed by atoms with E-state index in [1.807, 2.05) is 19.1 Å². The number of halogens is 1. The Kier molecular flexibility index (Phi) is 4.43. The fraction of sp³-hybridized carbons (Fsp3) is 0.375. The first-order chi connectivity index (χ1) is 11.1. The topological polar surface area (TPSA) is 70.2 Å². The number of carbonyl (C=O) groups excluding carboxylic acids is 1. The Hall–Kier alpha value is -2.21. The zero-order valence-electron chi connectivity index (χ0n) is 13.1. The van der Waals surface area contributed by atoms with E-state index in [1.165, 1.54) is 0 Å². The Morgan fingerprint density at radius 1 is 1.48 bits per heavy atom. The van der Waals surface area contributed by atoms with Gasteiger partial charge < -0.3 is 15.0 Å². The van der Waals surface area contributed by atoms with E-state index in [0.717, 1.165) is 30.1 Å². The average Bonchev–Trinajstić information content (AvgIpc) is 3.16. The first-order valence-corrected chi connectivity index (χ1v) is 7.86. The van der Waals surface area contributed by atoms with Crippen LogP contribution in [0.4, 0.5) is 5.69 Å². The van der Waals surface area contributed by atoms with Crippen LogP contribution in [0.2, 0.25) is 5.02 Å². The summed E-state index contributed by atoms with van der Waals surface area (Å²) in [6.07, 6.45) is 0.866. The number of ether oxygens (including phenoxy) is 1. The number of benzene rings is 1. The van der Waals surface area contributed by atoms with Gasteiger partial charge in [0.2, 0.25) is 0 Å². The summed E-state index contributed by atoms with van der Waals surface area (Å²) >= 11 is 6.09. The summed E-state index contributed by atoms with van der Waals surface area (Å²) in [7, 11) is 1.64. The zero-order chi connectivity index (χ0) is 16.4. The Labute approximate surface area is 139 Å². The number of nitrogens with one attached hydrogen (secondary N) is 2. The van der Waals surface area contributed by atoms with Crippen LogP contribution in [0.15, 0.2) is 24.3 Å². The monoisotopic (exact) mass is 334 g/mol. The van der Waals surface area contributed by atoms with Crippen molar-refractivity contribution >= 4 is 23.2 Å². The van der Waals surface area contributed by atoms with Gasteiger partial charge in [0.05, 0.1) is 12.8 Å². The van der Waals surface area contributed by atoms with Crippen LogP contribution < -0.4 is 15.0 Å². The summed E-state index contributed by atoms with van der Waals surface area (Å²) < 4.78 is 5.40. The van der Waals surface area contributed by atoms with Crippen molar-refractivity contribution in [2.24, 2.45) is 0 Å². The number of carbonyl (C=O) groups is 1. The zero-order valence-corrected chi connectivity index (χ0v) is 13.9. The highest BCUT2D eigenvalue weighted by Crippen LogP contribution is 2.33. The lowest BCUT2D eigenvalue weighted by Gasteiger charge is -2.21. The Morgan fingerprint density at radius 2 is 2.30 bits per heavy atom. The van der Waals surface area contributed by atoms with Gasteiger partial charge in [-0.3, -0.25) is 9.89 Å². The smallest absolute Gasteiger partial charge is 0.272 e. The predicted molar refractivity (Wildman–Crippen MR) is 89.4 cm³/mol. The fourth-order valence-corrected chi connectivity index (χ4v) is 2.97. The third kappa shape index (κ3) is 3.42. The molecule has 1 amide bonds. The van der Waals surface area contributed by atoms with Crippen molar-refractivity contribution in [2.45, 2.75) is 19.4 Å². The SMILES string of the molecule is COc1ccc(Cl)cc1N1CC[C@@H](NC(=O)c2cc(C)[nH]n2)C1. The number of nitrogens with zero attached hydrogens (tertiary/aromatic N) is 2. The molecule has 2 aromatic rings. The first kappa shape index (κ1) is 15.7. The Balaban J connectivity index is 1.67. The average molecular weight is 335 g/mol. The lowest BCUT2D eigenvalue weighted by Crippen LogP contribution is -2.37. The molecule has 0 aliphatic carbocycles. The van der Waals surface area contributed by atoms with Gasteiger partial charge in [-0.2, -0.15) is 5.10 Å². The van der Waals surface area contributed by atoms with Gasteiger partial charge in [0, 0.05) is 29.8 Å². The number of aryl methyl sites for hydroxylation is 1. The van der Waals surface area contributed by atoms with Gasteiger partial charge in [-0.15, -0.1) is 0 Å². The predicted octanol–water partition coefficient (Wildman–Crippen LogP) is 2.39. The largest absolute Gasteiger partial charge is 0.495 e. The number of amides is 1. The van der Waals surface area contributed by atoms with Gasteiger partial charge in [0.25, 0.3) is 5.91 Å². The van der Waals surface area contributed by atoms with Crippen LogP contribution in [0.25, 0.3) is 0 Å². The molecule has 3 rings (SSSR count). The maximum absolute atomic E-state index is 12.2. The standard InChI is InChI=1S/C16H19ClN4O2/c1-10-7-13(20-19-10)16(22)18-12-5-6-21(9-12)14-8-11(17)3-4-15(14)23-2/h3-4,7-8,12H,5-6,9H2,1-2H3,(H,18,22)(H,19,20)/t12-/m1/s1. The molecule has 2 N–H and O–H groups in total. The van der Waals surface area contributed by atoms with Crippen LogP contribution in [-0.4, -0.2) is 42.3 Å². The molecule has 1 fully saturated rings. The van der Waals surface area contributed by atoms with Gasteiger partial charge in [-0.05, 0) is 37.6 Å². The molecule has 1 aliphatic heterocycles. The van der Waals surface area contributed by atoms with E-state index < -0.39 is 0 Å². The van der Waals surface area contributed by atoms with Gasteiger partial charge >= 0.3 is 0 Å². The van der Waals surface area contributed by atoms with Crippen LogP contribution >= 0.6 is 11.6 Å². The lowest BCUT2D eigenvalue weighted by molar-refractivity contribution is 0.0935. The summed E-state index contributed by atoms with van der Waals surface area (Å²) in [6.45, 7) is 3.42. The maximum Gasteiger partial charge on any atom is 0.272 e. The molecule has 122 valence electrons. The number of hydrogen-bond acceptors (Lipinski definition) is 4. The molecule has 1 aromatic carbocycles. The normalized spacial score (nSPS) is 17.3. The van der Waals surface area contributed by atoms with Crippen LogP contribution in [0.3, 0.4) is 0 Å². The molecular formula is C16H19ClN4O2. The molecule has 1 atom stereocenters. The lowest BCUT2D eigenvalue weighted by atomic mass is 10.2. The summed E-state index contributed by atoms with van der Waals surface area (Å²) in [5.74, 6) is 0.628. The highest BCUT2D eigenvalue weighted by atomic mass is 35.5. The fourth-order valence-electron chi connectivity index (χ4n) is 2.80. The molecular weight excluding hydrogens is 316 g/mol. The first-order valence-electron chi connectivity index (χ1n) is 7.48. The molecule has 1 aliphatic rings. The third-order valence-electron chi connectivity index (χ3n) is 3.94. The second kappa shape index (κ2) is 6.50. The van der Waals surface area contributed by atoms with Crippen molar-refractivity contribution in [3.8, 4) is 5.75 Å².